The number of anilines is 2. The largest absolute Gasteiger partial charge is 0.376 e. The Bertz CT molecular complexity index is 1240. The van der Waals surface area contributed by atoms with Crippen molar-refractivity contribution in [1.29, 1.82) is 0 Å². The van der Waals surface area contributed by atoms with Crippen LogP contribution in [0.5, 0.6) is 0 Å². The van der Waals surface area contributed by atoms with E-state index in [9.17, 15) is 0 Å². The van der Waals surface area contributed by atoms with Crippen molar-refractivity contribution in [2.24, 2.45) is 5.92 Å². The van der Waals surface area contributed by atoms with Crippen LogP contribution in [-0.4, -0.2) is 40.5 Å². The lowest BCUT2D eigenvalue weighted by Gasteiger charge is -2.34. The molecule has 3 saturated heterocycles. The van der Waals surface area contributed by atoms with Crippen molar-refractivity contribution in [3.8, 4) is 0 Å². The summed E-state index contributed by atoms with van der Waals surface area (Å²) in [5.74, 6) is 0.775. The maximum Gasteiger partial charge on any atom is 0.174 e. The minimum absolute atomic E-state index is 0.0726. The van der Waals surface area contributed by atoms with Crippen LogP contribution in [0.4, 0.5) is 11.4 Å². The molecule has 2 aromatic heterocycles. The Morgan fingerprint density at radius 2 is 1.97 bits per heavy atom. The lowest BCUT2D eigenvalue weighted by Crippen LogP contribution is -2.33. The number of benzene rings is 1. The Kier molecular flexibility index (Phi) is 7.10. The summed E-state index contributed by atoms with van der Waals surface area (Å²) in [6, 6.07) is 16.6. The average molecular weight is 536 g/mol. The molecule has 3 aromatic rings. The van der Waals surface area contributed by atoms with Crippen molar-refractivity contribution in [2.75, 3.05) is 29.5 Å². The maximum atomic E-state index is 6.93. The van der Waals surface area contributed by atoms with Crippen LogP contribution in [-0.2, 0) is 11.3 Å². The van der Waals surface area contributed by atoms with Gasteiger partial charge in [0.1, 0.15) is 6.04 Å². The van der Waals surface area contributed by atoms with Crippen LogP contribution in [0.25, 0.3) is 0 Å². The summed E-state index contributed by atoms with van der Waals surface area (Å²) in [6.45, 7) is 6.10. The summed E-state index contributed by atoms with van der Waals surface area (Å²) >= 11 is 12.9. The van der Waals surface area contributed by atoms with Gasteiger partial charge in [0.05, 0.1) is 28.5 Å². The molecule has 0 saturated carbocycles. The highest BCUT2D eigenvalue weighted by Gasteiger charge is 2.42. The Balaban J connectivity index is 1.36. The molecule has 0 amide bonds. The van der Waals surface area contributed by atoms with Crippen LogP contribution in [0.2, 0.25) is 5.02 Å². The Labute approximate surface area is 229 Å². The van der Waals surface area contributed by atoms with Crippen LogP contribution >= 0.6 is 23.8 Å². The molecular formula is C29H34ClN5OS. The van der Waals surface area contributed by atoms with E-state index in [0.717, 1.165) is 67.1 Å². The van der Waals surface area contributed by atoms with E-state index in [1.165, 1.54) is 18.5 Å². The number of hydrogen-bond acceptors (Lipinski definition) is 4. The van der Waals surface area contributed by atoms with E-state index in [2.05, 4.69) is 69.2 Å². The summed E-state index contributed by atoms with van der Waals surface area (Å²) in [5, 5.41) is 5.03. The third-order valence-electron chi connectivity index (χ3n) is 8.02. The Morgan fingerprint density at radius 1 is 1.11 bits per heavy atom. The molecule has 0 unspecified atom stereocenters. The Morgan fingerprint density at radius 3 is 2.70 bits per heavy atom. The first kappa shape index (κ1) is 24.7. The number of nitrogens with one attached hydrogen (secondary N) is 1. The lowest BCUT2D eigenvalue weighted by atomic mass is 9.98. The first-order valence-electron chi connectivity index (χ1n) is 13.4. The fourth-order valence-electron chi connectivity index (χ4n) is 5.95. The van der Waals surface area contributed by atoms with E-state index in [4.69, 9.17) is 33.5 Å². The van der Waals surface area contributed by atoms with E-state index in [1.807, 2.05) is 18.3 Å². The Hall–Kier alpha value is -2.61. The highest BCUT2D eigenvalue weighted by Crippen LogP contribution is 2.43. The van der Waals surface area contributed by atoms with E-state index >= 15 is 0 Å². The van der Waals surface area contributed by atoms with Gasteiger partial charge in [-0.3, -0.25) is 4.98 Å². The number of nitrogens with zero attached hydrogens (tertiary/aromatic N) is 4. The third kappa shape index (κ3) is 4.97. The molecule has 3 aliphatic heterocycles. The zero-order chi connectivity index (χ0) is 25.4. The van der Waals surface area contributed by atoms with E-state index < -0.39 is 0 Å². The van der Waals surface area contributed by atoms with Gasteiger partial charge in [-0.15, -0.1) is 0 Å². The molecule has 0 aliphatic carbocycles. The van der Waals surface area contributed by atoms with Crippen molar-refractivity contribution < 1.29 is 4.74 Å². The van der Waals surface area contributed by atoms with Gasteiger partial charge in [-0.2, -0.15) is 0 Å². The maximum absolute atomic E-state index is 6.93. The van der Waals surface area contributed by atoms with Crippen molar-refractivity contribution in [3.63, 3.8) is 0 Å². The average Bonchev–Trinajstić information content (AvgIpc) is 3.66. The number of pyridine rings is 1. The van der Waals surface area contributed by atoms with Gasteiger partial charge < -0.3 is 24.4 Å². The first-order valence-corrected chi connectivity index (χ1v) is 14.2. The van der Waals surface area contributed by atoms with Crippen molar-refractivity contribution in [3.05, 3.63) is 77.3 Å². The fourth-order valence-corrected chi connectivity index (χ4v) is 6.60. The fraction of sp³-hybridized carbons (Fsp3) is 0.448. The first-order chi connectivity index (χ1) is 18.1. The molecule has 194 valence electrons. The quantitative estimate of drug-likeness (QED) is 0.383. The van der Waals surface area contributed by atoms with E-state index in [1.54, 1.807) is 0 Å². The van der Waals surface area contributed by atoms with Gasteiger partial charge in [0, 0.05) is 50.0 Å². The number of aromatic nitrogens is 2. The van der Waals surface area contributed by atoms with Gasteiger partial charge in [-0.05, 0) is 86.3 Å². The summed E-state index contributed by atoms with van der Waals surface area (Å²) in [7, 11) is 0. The molecule has 0 radical (unpaired) electrons. The predicted molar refractivity (Wildman–Crippen MR) is 153 cm³/mol. The smallest absolute Gasteiger partial charge is 0.174 e. The normalized spacial score (nSPS) is 24.6. The molecule has 8 heteroatoms. The van der Waals surface area contributed by atoms with Gasteiger partial charge in [0.25, 0.3) is 0 Å². The van der Waals surface area contributed by atoms with Crippen molar-refractivity contribution in [1.82, 2.24) is 14.9 Å². The van der Waals surface area contributed by atoms with Crippen LogP contribution in [0.1, 0.15) is 56.1 Å². The van der Waals surface area contributed by atoms with E-state index in [0.29, 0.717) is 5.11 Å². The summed E-state index contributed by atoms with van der Waals surface area (Å²) in [4.78, 5) is 9.32. The van der Waals surface area contributed by atoms with Crippen molar-refractivity contribution >= 4 is 40.3 Å². The molecule has 1 N–H and O–H groups in total. The molecule has 37 heavy (non-hydrogen) atoms. The lowest BCUT2D eigenvalue weighted by molar-refractivity contribution is 0.0961. The molecular weight excluding hydrogens is 502 g/mol. The molecule has 6 nitrogen and oxygen atoms in total. The second-order valence-electron chi connectivity index (χ2n) is 10.5. The molecule has 5 heterocycles. The predicted octanol–water partition coefficient (Wildman–Crippen LogP) is 6.13. The van der Waals surface area contributed by atoms with E-state index in [-0.39, 0.29) is 18.2 Å². The summed E-state index contributed by atoms with van der Waals surface area (Å²) in [6.07, 6.45) is 8.87. The van der Waals surface area contributed by atoms with Gasteiger partial charge in [0.15, 0.2) is 5.11 Å². The second-order valence-corrected chi connectivity index (χ2v) is 11.3. The standard InChI is InChI=1S/C29H34ClN5OS/c1-20-11-15-33(16-12-20)25-10-9-21(18-23(25)30)35-28(27(32-29(35)37)24-7-2-3-13-31-24)26-8-4-14-34(26)19-22-6-5-17-36-22/h2-4,7-10,13-14,18,20,22,27-28H,5-6,11-12,15-17,19H2,1H3,(H,32,37)/t22-,27-,28-/m1/s1. The van der Waals surface area contributed by atoms with Gasteiger partial charge in [0.2, 0.25) is 0 Å². The number of hydrogen-bond donors (Lipinski definition) is 1. The monoisotopic (exact) mass is 535 g/mol. The molecule has 0 spiro atoms. The van der Waals surface area contributed by atoms with Gasteiger partial charge in [-0.1, -0.05) is 24.6 Å². The molecule has 3 atom stereocenters. The van der Waals surface area contributed by atoms with Crippen LogP contribution < -0.4 is 15.1 Å². The summed E-state index contributed by atoms with van der Waals surface area (Å²) < 4.78 is 8.29. The van der Waals surface area contributed by atoms with Crippen LogP contribution in [0.3, 0.4) is 0 Å². The van der Waals surface area contributed by atoms with Crippen LogP contribution in [0.15, 0.2) is 60.9 Å². The zero-order valence-electron chi connectivity index (χ0n) is 21.2. The highest BCUT2D eigenvalue weighted by molar-refractivity contribution is 7.80. The van der Waals surface area contributed by atoms with Crippen LogP contribution in [0, 0.1) is 5.92 Å². The SMILES string of the molecule is CC1CCN(c2ccc(N3C(=S)N[C@H](c4ccccn4)[C@H]3c3cccn3C[C@H]3CCCO3)cc2Cl)CC1. The molecule has 1 aromatic carbocycles. The molecule has 3 fully saturated rings. The number of piperidine rings is 1. The topological polar surface area (TPSA) is 45.6 Å². The minimum Gasteiger partial charge on any atom is -0.376 e. The number of halogens is 1. The highest BCUT2D eigenvalue weighted by atomic mass is 35.5. The summed E-state index contributed by atoms with van der Waals surface area (Å²) in [5.41, 5.74) is 4.25. The second kappa shape index (κ2) is 10.6. The van der Waals surface area contributed by atoms with Gasteiger partial charge >= 0.3 is 0 Å². The van der Waals surface area contributed by atoms with Gasteiger partial charge in [-0.25, -0.2) is 0 Å². The number of ether oxygens (including phenoxy) is 1. The number of rotatable bonds is 6. The third-order valence-corrected chi connectivity index (χ3v) is 8.64. The molecule has 0 bridgehead atoms. The molecule has 6 rings (SSSR count). The minimum atomic E-state index is -0.0890. The zero-order valence-corrected chi connectivity index (χ0v) is 22.8. The van der Waals surface area contributed by atoms with Crippen molar-refractivity contribution in [2.45, 2.75) is 57.3 Å². The number of thiocarbonyl (C=S) groups is 1. The molecule has 3 aliphatic rings.